The predicted molar refractivity (Wildman–Crippen MR) is 110 cm³/mol. The number of hydrogen-bond acceptors (Lipinski definition) is 5. The van der Waals surface area contributed by atoms with Crippen molar-refractivity contribution >= 4 is 35.2 Å². The fourth-order valence-corrected chi connectivity index (χ4v) is 3.14. The van der Waals surface area contributed by atoms with Gasteiger partial charge in [-0.3, -0.25) is 14.4 Å². The van der Waals surface area contributed by atoms with Gasteiger partial charge in [-0.25, -0.2) is 0 Å². The number of carbonyl (C=O) groups is 3. The molecule has 150 valence electrons. The molecule has 0 saturated heterocycles. The van der Waals surface area contributed by atoms with Crippen molar-refractivity contribution in [2.75, 3.05) is 30.0 Å². The molecule has 7 heteroatoms. The highest BCUT2D eigenvalue weighted by atomic mass is 32.2. The highest BCUT2D eigenvalue weighted by Gasteiger charge is 2.22. The van der Waals surface area contributed by atoms with Gasteiger partial charge in [-0.2, -0.15) is 0 Å². The molecule has 0 aromatic heterocycles. The zero-order valence-corrected chi connectivity index (χ0v) is 17.6. The Bertz CT molecular complexity index is 663. The van der Waals surface area contributed by atoms with Crippen molar-refractivity contribution in [1.82, 2.24) is 4.90 Å². The van der Waals surface area contributed by atoms with Gasteiger partial charge in [-0.05, 0) is 51.3 Å². The number of hydrogen-bond donors (Lipinski definition) is 1. The lowest BCUT2D eigenvalue weighted by Gasteiger charge is -2.28. The number of carbonyl (C=O) groups excluding carboxylic acids is 3. The molecule has 0 aliphatic carbocycles. The molecule has 2 amide bonds. The number of ether oxygens (including phenoxy) is 1. The fourth-order valence-electron chi connectivity index (χ4n) is 2.45. The van der Waals surface area contributed by atoms with E-state index in [0.717, 1.165) is 23.2 Å². The number of rotatable bonds is 10. The first-order valence-electron chi connectivity index (χ1n) is 9.19. The van der Waals surface area contributed by atoms with E-state index in [1.165, 1.54) is 11.8 Å². The van der Waals surface area contributed by atoms with E-state index in [0.29, 0.717) is 6.61 Å². The van der Waals surface area contributed by atoms with Crippen molar-refractivity contribution in [2.24, 2.45) is 0 Å². The molecule has 0 fully saturated rings. The van der Waals surface area contributed by atoms with E-state index in [-0.39, 0.29) is 41.9 Å². The summed E-state index contributed by atoms with van der Waals surface area (Å²) in [5, 5.41) is 2.89. The van der Waals surface area contributed by atoms with Crippen LogP contribution in [0.4, 0.5) is 5.69 Å². The maximum atomic E-state index is 12.6. The van der Waals surface area contributed by atoms with Gasteiger partial charge in [-0.15, -0.1) is 11.8 Å². The monoisotopic (exact) mass is 394 g/mol. The van der Waals surface area contributed by atoms with Crippen molar-refractivity contribution in [3.8, 4) is 0 Å². The van der Waals surface area contributed by atoms with Gasteiger partial charge in [-0.1, -0.05) is 19.1 Å². The summed E-state index contributed by atoms with van der Waals surface area (Å²) in [4.78, 5) is 38.0. The van der Waals surface area contributed by atoms with Crippen molar-refractivity contribution in [3.63, 3.8) is 0 Å². The van der Waals surface area contributed by atoms with Gasteiger partial charge in [0.1, 0.15) is 6.54 Å². The van der Waals surface area contributed by atoms with Crippen LogP contribution in [0.3, 0.4) is 0 Å². The van der Waals surface area contributed by atoms with Crippen molar-refractivity contribution < 1.29 is 19.1 Å². The summed E-state index contributed by atoms with van der Waals surface area (Å²) < 4.78 is 4.86. The number of thioether (sulfide) groups is 1. The van der Waals surface area contributed by atoms with Crippen LogP contribution in [-0.2, 0) is 19.1 Å². The van der Waals surface area contributed by atoms with E-state index < -0.39 is 0 Å². The van der Waals surface area contributed by atoms with E-state index in [1.807, 2.05) is 45.9 Å². The SMILES string of the molecule is CCOC(=O)CSCC(=O)N(CC(=O)Nc1cccc(C)c1C)C(C)CC. The Balaban J connectivity index is 2.68. The van der Waals surface area contributed by atoms with Crippen LogP contribution in [0.1, 0.15) is 38.3 Å². The van der Waals surface area contributed by atoms with Crippen LogP contribution in [0.15, 0.2) is 18.2 Å². The van der Waals surface area contributed by atoms with E-state index in [1.54, 1.807) is 11.8 Å². The topological polar surface area (TPSA) is 75.7 Å². The van der Waals surface area contributed by atoms with Crippen molar-refractivity contribution in [2.45, 2.75) is 47.1 Å². The van der Waals surface area contributed by atoms with Crippen molar-refractivity contribution in [3.05, 3.63) is 29.3 Å². The van der Waals surface area contributed by atoms with Crippen LogP contribution >= 0.6 is 11.8 Å². The summed E-state index contributed by atoms with van der Waals surface area (Å²) in [6.45, 7) is 9.88. The third kappa shape index (κ3) is 7.62. The first-order valence-corrected chi connectivity index (χ1v) is 10.3. The highest BCUT2D eigenvalue weighted by molar-refractivity contribution is 8.00. The van der Waals surface area contributed by atoms with Gasteiger partial charge < -0.3 is 15.0 Å². The third-order valence-electron chi connectivity index (χ3n) is 4.39. The Morgan fingerprint density at radius 2 is 1.89 bits per heavy atom. The molecule has 1 rings (SSSR count). The summed E-state index contributed by atoms with van der Waals surface area (Å²) in [5.41, 5.74) is 2.86. The smallest absolute Gasteiger partial charge is 0.315 e. The van der Waals surface area contributed by atoms with Gasteiger partial charge in [0.05, 0.1) is 18.1 Å². The molecule has 27 heavy (non-hydrogen) atoms. The number of nitrogens with zero attached hydrogens (tertiary/aromatic N) is 1. The molecule has 0 heterocycles. The number of anilines is 1. The lowest BCUT2D eigenvalue weighted by Crippen LogP contribution is -2.44. The summed E-state index contributed by atoms with van der Waals surface area (Å²) in [6.07, 6.45) is 0.741. The zero-order valence-electron chi connectivity index (χ0n) is 16.8. The Kier molecular flexibility index (Phi) is 9.93. The zero-order chi connectivity index (χ0) is 20.4. The molecule has 1 aromatic carbocycles. The fraction of sp³-hybridized carbons (Fsp3) is 0.550. The minimum atomic E-state index is -0.335. The summed E-state index contributed by atoms with van der Waals surface area (Å²) in [7, 11) is 0. The third-order valence-corrected chi connectivity index (χ3v) is 5.28. The molecule has 1 unspecified atom stereocenters. The van der Waals surface area contributed by atoms with E-state index in [4.69, 9.17) is 4.74 Å². The lowest BCUT2D eigenvalue weighted by atomic mass is 10.1. The van der Waals surface area contributed by atoms with E-state index in [2.05, 4.69) is 5.32 Å². The summed E-state index contributed by atoms with van der Waals surface area (Å²) in [5.74, 6) is -0.455. The normalized spacial score (nSPS) is 11.6. The van der Waals surface area contributed by atoms with Gasteiger partial charge >= 0.3 is 5.97 Å². The standard InChI is InChI=1S/C20H30N2O4S/c1-6-15(4)22(19(24)12-27-13-20(25)26-7-2)11-18(23)21-17-10-8-9-14(3)16(17)5/h8-10,15H,6-7,11-13H2,1-5H3,(H,21,23). The molecule has 0 bridgehead atoms. The Morgan fingerprint density at radius 1 is 1.19 bits per heavy atom. The number of aryl methyl sites for hydroxylation is 1. The molecule has 0 radical (unpaired) electrons. The van der Waals surface area contributed by atoms with Crippen LogP contribution in [0, 0.1) is 13.8 Å². The summed E-state index contributed by atoms with van der Waals surface area (Å²) in [6, 6.07) is 5.66. The molecule has 1 aromatic rings. The Morgan fingerprint density at radius 3 is 2.52 bits per heavy atom. The second-order valence-electron chi connectivity index (χ2n) is 6.37. The number of nitrogens with one attached hydrogen (secondary N) is 1. The average molecular weight is 395 g/mol. The largest absolute Gasteiger partial charge is 0.465 e. The number of amides is 2. The number of benzene rings is 1. The van der Waals surface area contributed by atoms with E-state index in [9.17, 15) is 14.4 Å². The highest BCUT2D eigenvalue weighted by Crippen LogP contribution is 2.18. The Hall–Kier alpha value is -2.02. The Labute approximate surface area is 166 Å². The molecule has 1 N–H and O–H groups in total. The predicted octanol–water partition coefficient (Wildman–Crippen LogP) is 3.17. The van der Waals surface area contributed by atoms with Gasteiger partial charge in [0.2, 0.25) is 11.8 Å². The maximum absolute atomic E-state index is 12.6. The van der Waals surface area contributed by atoms with Crippen LogP contribution in [0.5, 0.6) is 0 Å². The first kappa shape index (κ1) is 23.0. The van der Waals surface area contributed by atoms with Gasteiger partial charge in [0.15, 0.2) is 0 Å². The maximum Gasteiger partial charge on any atom is 0.315 e. The molecule has 0 aliphatic rings. The molecular formula is C20H30N2O4S. The molecular weight excluding hydrogens is 364 g/mol. The van der Waals surface area contributed by atoms with Crippen molar-refractivity contribution in [1.29, 1.82) is 0 Å². The molecule has 0 spiro atoms. The minimum absolute atomic E-state index is 0.0127. The van der Waals surface area contributed by atoms with Crippen LogP contribution in [-0.4, -0.2) is 53.4 Å². The molecule has 0 saturated carbocycles. The molecule has 0 aliphatic heterocycles. The summed E-state index contributed by atoms with van der Waals surface area (Å²) >= 11 is 1.20. The lowest BCUT2D eigenvalue weighted by molar-refractivity contribution is -0.139. The first-order chi connectivity index (χ1) is 12.8. The second kappa shape index (κ2) is 11.6. The molecule has 1 atom stereocenters. The molecule has 6 nitrogen and oxygen atoms in total. The van der Waals surface area contributed by atoms with Gasteiger partial charge in [0, 0.05) is 11.7 Å². The quantitative estimate of drug-likeness (QED) is 0.617. The van der Waals surface area contributed by atoms with Gasteiger partial charge in [0.25, 0.3) is 0 Å². The minimum Gasteiger partial charge on any atom is -0.465 e. The second-order valence-corrected chi connectivity index (χ2v) is 7.36. The van der Waals surface area contributed by atoms with Crippen LogP contribution in [0.25, 0.3) is 0 Å². The average Bonchev–Trinajstić information content (AvgIpc) is 2.63. The van der Waals surface area contributed by atoms with E-state index >= 15 is 0 Å². The van der Waals surface area contributed by atoms with Crippen LogP contribution in [0.2, 0.25) is 0 Å². The number of esters is 1. The van der Waals surface area contributed by atoms with Crippen LogP contribution < -0.4 is 5.32 Å².